The summed E-state index contributed by atoms with van der Waals surface area (Å²) in [5.74, 6) is 0. The van der Waals surface area contributed by atoms with E-state index in [1.54, 1.807) is 0 Å². The van der Waals surface area contributed by atoms with Crippen molar-refractivity contribution in [2.45, 2.75) is 53.2 Å². The Morgan fingerprint density at radius 2 is 1.75 bits per heavy atom. The zero-order chi connectivity index (χ0) is 12.6. The molecular weight excluding hydrogens is 220 g/mol. The molecule has 0 N–H and O–H groups in total. The number of hydrogen-bond acceptors (Lipinski definition) is 1. The number of ether oxygens (including phenoxy) is 1. The van der Waals surface area contributed by atoms with E-state index < -0.39 is 0 Å². The second-order valence-corrected chi connectivity index (χ2v) is 4.01. The topological polar surface area (TPSA) is 9.23 Å². The Bertz CT molecular complexity index is 284. The highest BCUT2D eigenvalue weighted by molar-refractivity contribution is 6.31. The van der Waals surface area contributed by atoms with Crippen molar-refractivity contribution in [1.82, 2.24) is 0 Å². The Hall–Kier alpha value is -0.530. The fourth-order valence-corrected chi connectivity index (χ4v) is 1.71. The molecule has 0 spiro atoms. The van der Waals surface area contributed by atoms with Crippen LogP contribution in [0.15, 0.2) is 24.3 Å². The van der Waals surface area contributed by atoms with E-state index in [2.05, 4.69) is 6.92 Å². The van der Waals surface area contributed by atoms with Gasteiger partial charge in [0.1, 0.15) is 0 Å². The molecule has 0 heterocycles. The van der Waals surface area contributed by atoms with E-state index in [0.29, 0.717) is 0 Å². The molecule has 1 atom stereocenters. The summed E-state index contributed by atoms with van der Waals surface area (Å²) >= 11 is 6.10. The van der Waals surface area contributed by atoms with Crippen molar-refractivity contribution < 1.29 is 4.74 Å². The van der Waals surface area contributed by atoms with Crippen LogP contribution < -0.4 is 0 Å². The SMILES string of the molecule is CC.CCC(OC(C)C)c1ccccc1Cl. The van der Waals surface area contributed by atoms with E-state index in [1.807, 2.05) is 52.0 Å². The third-order valence-corrected chi connectivity index (χ3v) is 2.40. The number of halogens is 1. The van der Waals surface area contributed by atoms with Crippen LogP contribution in [0.5, 0.6) is 0 Å². The van der Waals surface area contributed by atoms with Crippen LogP contribution >= 0.6 is 11.6 Å². The zero-order valence-electron chi connectivity index (χ0n) is 11.0. The van der Waals surface area contributed by atoms with Crippen LogP contribution in [0.2, 0.25) is 5.02 Å². The monoisotopic (exact) mass is 242 g/mol. The van der Waals surface area contributed by atoms with E-state index in [-0.39, 0.29) is 12.2 Å². The minimum atomic E-state index is 0.115. The maximum absolute atomic E-state index is 6.10. The first kappa shape index (κ1) is 15.5. The van der Waals surface area contributed by atoms with Gasteiger partial charge in [0.25, 0.3) is 0 Å². The lowest BCUT2D eigenvalue weighted by Crippen LogP contribution is -2.10. The Labute approximate surface area is 105 Å². The largest absolute Gasteiger partial charge is 0.371 e. The van der Waals surface area contributed by atoms with E-state index in [9.17, 15) is 0 Å². The van der Waals surface area contributed by atoms with Crippen LogP contribution in [0, 0.1) is 0 Å². The third kappa shape index (κ3) is 5.00. The number of rotatable bonds is 4. The van der Waals surface area contributed by atoms with Gasteiger partial charge in [-0.2, -0.15) is 0 Å². The van der Waals surface area contributed by atoms with Crippen molar-refractivity contribution >= 4 is 11.6 Å². The van der Waals surface area contributed by atoms with Crippen LogP contribution in [0.1, 0.15) is 52.7 Å². The molecule has 0 saturated carbocycles. The number of benzene rings is 1. The van der Waals surface area contributed by atoms with Gasteiger partial charge < -0.3 is 4.74 Å². The molecule has 1 rings (SSSR count). The highest BCUT2D eigenvalue weighted by Crippen LogP contribution is 2.28. The van der Waals surface area contributed by atoms with Crippen LogP contribution in [-0.2, 0) is 4.74 Å². The lowest BCUT2D eigenvalue weighted by Gasteiger charge is -2.20. The summed E-state index contributed by atoms with van der Waals surface area (Å²) < 4.78 is 5.78. The predicted octanol–water partition coefficient (Wildman–Crippen LogP) is 5.24. The maximum Gasteiger partial charge on any atom is 0.0840 e. The molecule has 1 aromatic carbocycles. The summed E-state index contributed by atoms with van der Waals surface area (Å²) in [6.07, 6.45) is 1.29. The molecule has 0 aliphatic heterocycles. The van der Waals surface area contributed by atoms with Gasteiger partial charge in [-0.1, -0.05) is 50.6 Å². The van der Waals surface area contributed by atoms with Crippen molar-refractivity contribution in [2.75, 3.05) is 0 Å². The summed E-state index contributed by atoms with van der Waals surface area (Å²) in [6, 6.07) is 7.86. The maximum atomic E-state index is 6.10. The van der Waals surface area contributed by atoms with Gasteiger partial charge in [-0.3, -0.25) is 0 Å². The van der Waals surface area contributed by atoms with E-state index in [0.717, 1.165) is 17.0 Å². The first-order chi connectivity index (χ1) is 7.65. The van der Waals surface area contributed by atoms with Crippen molar-refractivity contribution in [3.63, 3.8) is 0 Å². The fourth-order valence-electron chi connectivity index (χ4n) is 1.45. The van der Waals surface area contributed by atoms with Gasteiger partial charge in [0.2, 0.25) is 0 Å². The standard InChI is InChI=1S/C12H17ClO.C2H6/c1-4-12(14-9(2)3)10-7-5-6-8-11(10)13;1-2/h5-9,12H,4H2,1-3H3;1-2H3. The molecule has 0 bridgehead atoms. The molecule has 1 unspecified atom stereocenters. The molecule has 0 aliphatic carbocycles. The van der Waals surface area contributed by atoms with Crippen molar-refractivity contribution in [3.8, 4) is 0 Å². The molecular formula is C14H23ClO. The molecule has 0 fully saturated rings. The second kappa shape index (κ2) is 8.60. The highest BCUT2D eigenvalue weighted by atomic mass is 35.5. The quantitative estimate of drug-likeness (QED) is 0.701. The van der Waals surface area contributed by atoms with Gasteiger partial charge in [-0.15, -0.1) is 0 Å². The van der Waals surface area contributed by atoms with E-state index in [1.165, 1.54) is 0 Å². The zero-order valence-corrected chi connectivity index (χ0v) is 11.7. The van der Waals surface area contributed by atoms with Gasteiger partial charge in [0, 0.05) is 5.02 Å². The van der Waals surface area contributed by atoms with Crippen LogP contribution in [-0.4, -0.2) is 6.10 Å². The average molecular weight is 243 g/mol. The highest BCUT2D eigenvalue weighted by Gasteiger charge is 2.13. The summed E-state index contributed by atoms with van der Waals surface area (Å²) in [4.78, 5) is 0. The third-order valence-electron chi connectivity index (χ3n) is 2.06. The minimum Gasteiger partial charge on any atom is -0.371 e. The molecule has 0 amide bonds. The minimum absolute atomic E-state index is 0.115. The van der Waals surface area contributed by atoms with Crippen molar-refractivity contribution in [3.05, 3.63) is 34.9 Å². The molecule has 2 heteroatoms. The van der Waals surface area contributed by atoms with Gasteiger partial charge >= 0.3 is 0 Å². The van der Waals surface area contributed by atoms with E-state index >= 15 is 0 Å². The first-order valence-electron chi connectivity index (χ1n) is 6.05. The predicted molar refractivity (Wildman–Crippen MR) is 72.1 cm³/mol. The Balaban J connectivity index is 0.00000106. The normalized spacial score (nSPS) is 11.9. The molecule has 16 heavy (non-hydrogen) atoms. The molecule has 0 aliphatic rings. The molecule has 1 aromatic rings. The molecule has 0 aromatic heterocycles. The molecule has 0 saturated heterocycles. The lowest BCUT2D eigenvalue weighted by molar-refractivity contribution is 0.00454. The van der Waals surface area contributed by atoms with Crippen molar-refractivity contribution in [1.29, 1.82) is 0 Å². The van der Waals surface area contributed by atoms with Crippen LogP contribution in [0.25, 0.3) is 0 Å². The summed E-state index contributed by atoms with van der Waals surface area (Å²) in [6.45, 7) is 10.2. The Morgan fingerprint density at radius 3 is 2.19 bits per heavy atom. The Kier molecular flexibility index (Phi) is 8.32. The average Bonchev–Trinajstić information content (AvgIpc) is 2.29. The summed E-state index contributed by atoms with van der Waals surface area (Å²) in [5, 5.41) is 0.792. The van der Waals surface area contributed by atoms with Crippen molar-refractivity contribution in [2.24, 2.45) is 0 Å². The van der Waals surface area contributed by atoms with E-state index in [4.69, 9.17) is 16.3 Å². The van der Waals surface area contributed by atoms with Crippen LogP contribution in [0.3, 0.4) is 0 Å². The second-order valence-electron chi connectivity index (χ2n) is 3.60. The van der Waals surface area contributed by atoms with Crippen LogP contribution in [0.4, 0.5) is 0 Å². The van der Waals surface area contributed by atoms with Gasteiger partial charge in [0.05, 0.1) is 12.2 Å². The van der Waals surface area contributed by atoms with Gasteiger partial charge in [-0.05, 0) is 31.9 Å². The Morgan fingerprint density at radius 1 is 1.19 bits per heavy atom. The molecule has 1 nitrogen and oxygen atoms in total. The smallest absolute Gasteiger partial charge is 0.0840 e. The molecule has 92 valence electrons. The summed E-state index contributed by atoms with van der Waals surface area (Å²) in [5.41, 5.74) is 1.09. The number of hydrogen-bond donors (Lipinski definition) is 0. The van der Waals surface area contributed by atoms with Gasteiger partial charge in [0.15, 0.2) is 0 Å². The summed E-state index contributed by atoms with van der Waals surface area (Å²) in [7, 11) is 0. The fraction of sp³-hybridized carbons (Fsp3) is 0.571. The lowest BCUT2D eigenvalue weighted by atomic mass is 10.1. The van der Waals surface area contributed by atoms with Gasteiger partial charge in [-0.25, -0.2) is 0 Å². The first-order valence-corrected chi connectivity index (χ1v) is 6.42. The molecule has 0 radical (unpaired) electrons.